The molecule has 0 saturated heterocycles. The first-order valence-corrected chi connectivity index (χ1v) is 8.83. The Balaban J connectivity index is 2.55. The lowest BCUT2D eigenvalue weighted by Crippen LogP contribution is -2.30. The van der Waals surface area contributed by atoms with E-state index in [4.69, 9.17) is 9.52 Å². The van der Waals surface area contributed by atoms with E-state index in [0.29, 0.717) is 6.54 Å². The molecule has 0 aliphatic heterocycles. The van der Waals surface area contributed by atoms with Gasteiger partial charge < -0.3 is 14.4 Å². The summed E-state index contributed by atoms with van der Waals surface area (Å²) in [5.74, 6) is 0.209. The number of rotatable bonds is 9. The summed E-state index contributed by atoms with van der Waals surface area (Å²) >= 11 is 3.04. The molecule has 1 aromatic heterocycles. The number of sulfonamides is 1. The van der Waals surface area contributed by atoms with E-state index in [2.05, 4.69) is 39.4 Å². The molecule has 1 aromatic rings. The average Bonchev–Trinajstić information content (AvgIpc) is 2.81. The number of hydrogen-bond donors (Lipinski definition) is 2. The molecule has 0 fully saturated rings. The van der Waals surface area contributed by atoms with Gasteiger partial charge in [0.1, 0.15) is 17.3 Å². The normalized spacial score (nSPS) is 12.2. The molecule has 20 heavy (non-hydrogen) atoms. The third kappa shape index (κ3) is 4.85. The van der Waals surface area contributed by atoms with E-state index in [1.54, 1.807) is 0 Å². The predicted octanol–water partition coefficient (Wildman–Crippen LogP) is 1.54. The summed E-state index contributed by atoms with van der Waals surface area (Å²) in [6.45, 7) is 6.94. The third-order valence-electron chi connectivity index (χ3n) is 2.99. The number of aliphatic hydroxyl groups is 1. The minimum atomic E-state index is -3.61. The molecule has 0 aliphatic carbocycles. The standard InChI is InChI=1S/C12H21BrN2O4S/c1-3-15(4-2)7-5-6-14-20(17,18)11-8-10(9-16)19-12(11)13/h8,14,16H,3-7,9H2,1-2H3. The molecule has 1 rings (SSSR count). The summed E-state index contributed by atoms with van der Waals surface area (Å²) < 4.78 is 31.8. The summed E-state index contributed by atoms with van der Waals surface area (Å²) in [5.41, 5.74) is 0. The summed E-state index contributed by atoms with van der Waals surface area (Å²) in [7, 11) is -3.61. The summed E-state index contributed by atoms with van der Waals surface area (Å²) in [5, 5.41) is 8.94. The van der Waals surface area contributed by atoms with Gasteiger partial charge in [-0.1, -0.05) is 13.8 Å². The lowest BCUT2D eigenvalue weighted by molar-refractivity contribution is 0.245. The van der Waals surface area contributed by atoms with Crippen molar-refractivity contribution in [3.05, 3.63) is 16.5 Å². The molecule has 8 heteroatoms. The van der Waals surface area contributed by atoms with Gasteiger partial charge in [-0.05, 0) is 42.0 Å². The quantitative estimate of drug-likeness (QED) is 0.646. The Morgan fingerprint density at radius 3 is 2.55 bits per heavy atom. The van der Waals surface area contributed by atoms with Crippen LogP contribution in [0.2, 0.25) is 0 Å². The van der Waals surface area contributed by atoms with Crippen LogP contribution in [0.3, 0.4) is 0 Å². The summed E-state index contributed by atoms with van der Waals surface area (Å²) in [6.07, 6.45) is 0.739. The van der Waals surface area contributed by atoms with Gasteiger partial charge >= 0.3 is 0 Å². The number of aliphatic hydroxyl groups excluding tert-OH is 1. The van der Waals surface area contributed by atoms with Crippen molar-refractivity contribution in [3.63, 3.8) is 0 Å². The zero-order chi connectivity index (χ0) is 15.2. The highest BCUT2D eigenvalue weighted by Gasteiger charge is 2.21. The van der Waals surface area contributed by atoms with Gasteiger partial charge in [0.2, 0.25) is 10.0 Å². The van der Waals surface area contributed by atoms with Crippen molar-refractivity contribution in [2.45, 2.75) is 31.8 Å². The maximum atomic E-state index is 12.1. The first-order chi connectivity index (χ1) is 9.44. The molecule has 0 unspecified atom stereocenters. The Morgan fingerprint density at radius 2 is 2.05 bits per heavy atom. The van der Waals surface area contributed by atoms with Crippen molar-refractivity contribution in [1.82, 2.24) is 9.62 Å². The van der Waals surface area contributed by atoms with Gasteiger partial charge in [0.15, 0.2) is 4.67 Å². The van der Waals surface area contributed by atoms with Gasteiger partial charge in [0, 0.05) is 12.6 Å². The van der Waals surface area contributed by atoms with E-state index < -0.39 is 10.0 Å². The number of hydrogen-bond acceptors (Lipinski definition) is 5. The minimum absolute atomic E-state index is 0.0180. The molecule has 0 saturated carbocycles. The number of furan rings is 1. The minimum Gasteiger partial charge on any atom is -0.450 e. The second-order valence-corrected chi connectivity index (χ2v) is 6.74. The first-order valence-electron chi connectivity index (χ1n) is 6.55. The molecule has 0 amide bonds. The Bertz CT molecular complexity index is 512. The van der Waals surface area contributed by atoms with Crippen LogP contribution in [0.25, 0.3) is 0 Å². The van der Waals surface area contributed by atoms with Crippen LogP contribution in [-0.2, 0) is 16.6 Å². The Labute approximate surface area is 128 Å². The molecule has 2 N–H and O–H groups in total. The van der Waals surface area contributed by atoms with E-state index in [1.165, 1.54) is 6.07 Å². The van der Waals surface area contributed by atoms with Crippen molar-refractivity contribution >= 4 is 26.0 Å². The first kappa shape index (κ1) is 17.6. The average molecular weight is 369 g/mol. The van der Waals surface area contributed by atoms with Gasteiger partial charge in [0.05, 0.1) is 0 Å². The zero-order valence-electron chi connectivity index (χ0n) is 11.7. The smallest absolute Gasteiger partial charge is 0.244 e. The van der Waals surface area contributed by atoms with Crippen LogP contribution < -0.4 is 4.72 Å². The maximum absolute atomic E-state index is 12.1. The van der Waals surface area contributed by atoms with E-state index in [0.717, 1.165) is 26.1 Å². The molecule has 0 spiro atoms. The lowest BCUT2D eigenvalue weighted by atomic mass is 10.4. The fraction of sp³-hybridized carbons (Fsp3) is 0.667. The predicted molar refractivity (Wildman–Crippen MR) is 79.9 cm³/mol. The summed E-state index contributed by atoms with van der Waals surface area (Å²) in [6, 6.07) is 1.32. The zero-order valence-corrected chi connectivity index (χ0v) is 14.1. The molecule has 6 nitrogen and oxygen atoms in total. The van der Waals surface area contributed by atoms with Crippen molar-refractivity contribution < 1.29 is 17.9 Å². The number of halogens is 1. The van der Waals surface area contributed by atoms with E-state index in [9.17, 15) is 8.42 Å². The molecule has 0 aliphatic rings. The summed E-state index contributed by atoms with van der Waals surface area (Å²) in [4.78, 5) is 2.25. The van der Waals surface area contributed by atoms with Crippen LogP contribution in [0, 0.1) is 0 Å². The van der Waals surface area contributed by atoms with Crippen LogP contribution >= 0.6 is 15.9 Å². The highest BCUT2D eigenvalue weighted by atomic mass is 79.9. The lowest BCUT2D eigenvalue weighted by Gasteiger charge is -2.17. The molecular weight excluding hydrogens is 348 g/mol. The molecule has 0 aromatic carbocycles. The van der Waals surface area contributed by atoms with Crippen molar-refractivity contribution in [1.29, 1.82) is 0 Å². The maximum Gasteiger partial charge on any atom is 0.244 e. The molecule has 0 radical (unpaired) electrons. The number of nitrogens with one attached hydrogen (secondary N) is 1. The Kier molecular flexibility index (Phi) is 7.18. The van der Waals surface area contributed by atoms with Crippen LogP contribution in [0.5, 0.6) is 0 Å². The number of nitrogens with zero attached hydrogens (tertiary/aromatic N) is 1. The van der Waals surface area contributed by atoms with E-state index in [1.807, 2.05) is 0 Å². The van der Waals surface area contributed by atoms with Crippen molar-refractivity contribution in [3.8, 4) is 0 Å². The van der Waals surface area contributed by atoms with Crippen LogP contribution in [0.15, 0.2) is 20.0 Å². The largest absolute Gasteiger partial charge is 0.450 e. The second kappa shape index (κ2) is 8.14. The van der Waals surface area contributed by atoms with Gasteiger partial charge in [-0.3, -0.25) is 0 Å². The molecule has 116 valence electrons. The SMILES string of the molecule is CCN(CC)CCCNS(=O)(=O)c1cc(CO)oc1Br. The fourth-order valence-corrected chi connectivity index (χ4v) is 3.86. The van der Waals surface area contributed by atoms with Crippen LogP contribution in [-0.4, -0.2) is 44.6 Å². The van der Waals surface area contributed by atoms with Gasteiger partial charge in [-0.2, -0.15) is 0 Å². The fourth-order valence-electron chi connectivity index (χ4n) is 1.79. The highest BCUT2D eigenvalue weighted by molar-refractivity contribution is 9.10. The van der Waals surface area contributed by atoms with Gasteiger partial charge in [-0.15, -0.1) is 0 Å². The van der Waals surface area contributed by atoms with Gasteiger partial charge in [-0.25, -0.2) is 13.1 Å². The Morgan fingerprint density at radius 1 is 1.40 bits per heavy atom. The molecule has 0 atom stereocenters. The highest BCUT2D eigenvalue weighted by Crippen LogP contribution is 2.25. The van der Waals surface area contributed by atoms with Crippen molar-refractivity contribution in [2.24, 2.45) is 0 Å². The van der Waals surface area contributed by atoms with Crippen LogP contribution in [0.4, 0.5) is 0 Å². The third-order valence-corrected chi connectivity index (χ3v) is 5.31. The van der Waals surface area contributed by atoms with Crippen LogP contribution in [0.1, 0.15) is 26.0 Å². The molecule has 1 heterocycles. The van der Waals surface area contributed by atoms with E-state index in [-0.39, 0.29) is 21.9 Å². The van der Waals surface area contributed by atoms with E-state index >= 15 is 0 Å². The Hall–Kier alpha value is -0.410. The monoisotopic (exact) mass is 368 g/mol. The second-order valence-electron chi connectivity index (χ2n) is 4.29. The molecule has 0 bridgehead atoms. The van der Waals surface area contributed by atoms with Gasteiger partial charge in [0.25, 0.3) is 0 Å². The topological polar surface area (TPSA) is 82.8 Å². The molecular formula is C12H21BrN2O4S. The van der Waals surface area contributed by atoms with Crippen molar-refractivity contribution in [2.75, 3.05) is 26.2 Å².